The summed E-state index contributed by atoms with van der Waals surface area (Å²) >= 11 is 12.5. The Labute approximate surface area is 130 Å². The van der Waals surface area contributed by atoms with E-state index in [0.717, 1.165) is 17.5 Å². The maximum absolute atomic E-state index is 6.35. The van der Waals surface area contributed by atoms with Gasteiger partial charge in [-0.25, -0.2) is 0 Å². The second-order valence-electron chi connectivity index (χ2n) is 5.46. The monoisotopic (exact) mass is 307 g/mol. The highest BCUT2D eigenvalue weighted by Crippen LogP contribution is 2.32. The van der Waals surface area contributed by atoms with E-state index in [1.165, 1.54) is 5.56 Å². The summed E-state index contributed by atoms with van der Waals surface area (Å²) in [6.07, 6.45) is 1.04. The van der Waals surface area contributed by atoms with Gasteiger partial charge in [-0.3, -0.25) is 0 Å². The Morgan fingerprint density at radius 2 is 1.60 bits per heavy atom. The van der Waals surface area contributed by atoms with Crippen LogP contribution in [0.3, 0.4) is 0 Å². The van der Waals surface area contributed by atoms with Gasteiger partial charge in [0.05, 0.1) is 6.04 Å². The van der Waals surface area contributed by atoms with Gasteiger partial charge in [0.1, 0.15) is 0 Å². The lowest BCUT2D eigenvalue weighted by Crippen LogP contribution is -2.13. The third-order valence-electron chi connectivity index (χ3n) is 3.26. The molecule has 1 atom stereocenters. The average Bonchev–Trinajstić information content (AvgIpc) is 2.38. The van der Waals surface area contributed by atoms with Crippen LogP contribution in [0, 0.1) is 5.92 Å². The molecule has 2 N–H and O–H groups in total. The van der Waals surface area contributed by atoms with Crippen LogP contribution in [-0.4, -0.2) is 0 Å². The Hall–Kier alpha value is -1.02. The minimum Gasteiger partial charge on any atom is -0.320 e. The quantitative estimate of drug-likeness (QED) is 0.821. The van der Waals surface area contributed by atoms with E-state index in [-0.39, 0.29) is 6.04 Å². The van der Waals surface area contributed by atoms with Gasteiger partial charge in [-0.05, 0) is 35.6 Å². The molecule has 0 saturated heterocycles. The van der Waals surface area contributed by atoms with Crippen LogP contribution in [0.5, 0.6) is 0 Å². The predicted octanol–water partition coefficient (Wildman–Crippen LogP) is 5.24. The molecule has 2 aromatic carbocycles. The largest absolute Gasteiger partial charge is 0.320 e. The standard InChI is InChI=1S/C17H19Cl2N/c1-11(2)9-12-5-3-6-13(10-12)17(20)16-14(18)7-4-8-15(16)19/h3-8,10-11,17H,9,20H2,1-2H3. The maximum atomic E-state index is 6.35. The van der Waals surface area contributed by atoms with Crippen molar-refractivity contribution < 1.29 is 0 Å². The normalized spacial score (nSPS) is 12.7. The number of hydrogen-bond acceptors (Lipinski definition) is 1. The Kier molecular flexibility index (Phi) is 5.09. The minimum atomic E-state index is -0.302. The third kappa shape index (κ3) is 3.54. The van der Waals surface area contributed by atoms with Gasteiger partial charge in [0.2, 0.25) is 0 Å². The van der Waals surface area contributed by atoms with Gasteiger partial charge >= 0.3 is 0 Å². The highest BCUT2D eigenvalue weighted by molar-refractivity contribution is 6.36. The van der Waals surface area contributed by atoms with Crippen molar-refractivity contribution in [3.8, 4) is 0 Å². The summed E-state index contributed by atoms with van der Waals surface area (Å²) in [7, 11) is 0. The highest BCUT2D eigenvalue weighted by atomic mass is 35.5. The van der Waals surface area contributed by atoms with Crippen LogP contribution < -0.4 is 5.73 Å². The van der Waals surface area contributed by atoms with E-state index in [1.54, 1.807) is 0 Å². The SMILES string of the molecule is CC(C)Cc1cccc(C(N)c2c(Cl)cccc2Cl)c1. The Balaban J connectivity index is 2.36. The van der Waals surface area contributed by atoms with Gasteiger partial charge in [-0.1, -0.05) is 67.4 Å². The molecule has 2 rings (SSSR count). The summed E-state index contributed by atoms with van der Waals surface area (Å²) in [5.74, 6) is 0.616. The lowest BCUT2D eigenvalue weighted by atomic mass is 9.95. The number of hydrogen-bond donors (Lipinski definition) is 1. The molecule has 0 fully saturated rings. The molecule has 106 valence electrons. The fraction of sp³-hybridized carbons (Fsp3) is 0.294. The molecule has 0 aliphatic rings. The Bertz CT molecular complexity index is 573. The summed E-state index contributed by atoms with van der Waals surface area (Å²) in [4.78, 5) is 0. The zero-order valence-corrected chi connectivity index (χ0v) is 13.2. The summed E-state index contributed by atoms with van der Waals surface area (Å²) in [6, 6.07) is 13.5. The Morgan fingerprint density at radius 1 is 1.00 bits per heavy atom. The van der Waals surface area contributed by atoms with Crippen molar-refractivity contribution in [1.82, 2.24) is 0 Å². The van der Waals surface area contributed by atoms with Crippen molar-refractivity contribution >= 4 is 23.2 Å². The van der Waals surface area contributed by atoms with Crippen molar-refractivity contribution in [1.29, 1.82) is 0 Å². The number of nitrogens with two attached hydrogens (primary N) is 1. The lowest BCUT2D eigenvalue weighted by molar-refractivity contribution is 0.646. The lowest BCUT2D eigenvalue weighted by Gasteiger charge is -2.17. The first-order valence-electron chi connectivity index (χ1n) is 6.77. The highest BCUT2D eigenvalue weighted by Gasteiger charge is 2.16. The van der Waals surface area contributed by atoms with Crippen LogP contribution in [0.4, 0.5) is 0 Å². The van der Waals surface area contributed by atoms with E-state index in [0.29, 0.717) is 16.0 Å². The van der Waals surface area contributed by atoms with Gasteiger partial charge in [-0.15, -0.1) is 0 Å². The topological polar surface area (TPSA) is 26.0 Å². The van der Waals surface area contributed by atoms with Crippen LogP contribution in [0.15, 0.2) is 42.5 Å². The molecule has 0 radical (unpaired) electrons. The van der Waals surface area contributed by atoms with Gasteiger partial charge in [-0.2, -0.15) is 0 Å². The minimum absolute atomic E-state index is 0.302. The molecule has 1 nitrogen and oxygen atoms in total. The van der Waals surface area contributed by atoms with E-state index in [9.17, 15) is 0 Å². The molecule has 0 bridgehead atoms. The molecule has 1 unspecified atom stereocenters. The van der Waals surface area contributed by atoms with E-state index in [2.05, 4.69) is 26.0 Å². The van der Waals surface area contributed by atoms with E-state index in [1.807, 2.05) is 30.3 Å². The zero-order valence-electron chi connectivity index (χ0n) is 11.7. The smallest absolute Gasteiger partial charge is 0.0581 e. The molecule has 0 saturated carbocycles. The van der Waals surface area contributed by atoms with Gasteiger partial charge < -0.3 is 5.73 Å². The van der Waals surface area contributed by atoms with Crippen molar-refractivity contribution in [3.05, 3.63) is 69.2 Å². The summed E-state index contributed by atoms with van der Waals surface area (Å²) in [5.41, 5.74) is 9.47. The van der Waals surface area contributed by atoms with Crippen molar-refractivity contribution in [2.24, 2.45) is 11.7 Å². The first-order valence-corrected chi connectivity index (χ1v) is 7.53. The third-order valence-corrected chi connectivity index (χ3v) is 3.92. The van der Waals surface area contributed by atoms with Crippen molar-refractivity contribution in [3.63, 3.8) is 0 Å². The first-order chi connectivity index (χ1) is 9.49. The number of benzene rings is 2. The zero-order chi connectivity index (χ0) is 14.7. The molecule has 20 heavy (non-hydrogen) atoms. The predicted molar refractivity (Wildman–Crippen MR) is 87.5 cm³/mol. The molecular weight excluding hydrogens is 289 g/mol. The molecule has 0 spiro atoms. The second kappa shape index (κ2) is 6.62. The molecule has 0 aromatic heterocycles. The molecule has 0 aliphatic heterocycles. The van der Waals surface area contributed by atoms with E-state index in [4.69, 9.17) is 28.9 Å². The van der Waals surface area contributed by atoms with E-state index >= 15 is 0 Å². The average molecular weight is 308 g/mol. The summed E-state index contributed by atoms with van der Waals surface area (Å²) < 4.78 is 0. The van der Waals surface area contributed by atoms with Crippen LogP contribution in [0.1, 0.15) is 36.6 Å². The van der Waals surface area contributed by atoms with Gasteiger partial charge in [0, 0.05) is 15.6 Å². The van der Waals surface area contributed by atoms with Gasteiger partial charge in [0.15, 0.2) is 0 Å². The molecule has 2 aromatic rings. The maximum Gasteiger partial charge on any atom is 0.0581 e. The first kappa shape index (κ1) is 15.4. The van der Waals surface area contributed by atoms with Gasteiger partial charge in [0.25, 0.3) is 0 Å². The second-order valence-corrected chi connectivity index (χ2v) is 6.27. The molecule has 0 amide bonds. The van der Waals surface area contributed by atoms with E-state index < -0.39 is 0 Å². The number of rotatable bonds is 4. The number of halogens is 2. The molecule has 3 heteroatoms. The van der Waals surface area contributed by atoms with Crippen molar-refractivity contribution in [2.45, 2.75) is 26.3 Å². The van der Waals surface area contributed by atoms with Crippen LogP contribution in [0.25, 0.3) is 0 Å². The Morgan fingerprint density at radius 3 is 2.20 bits per heavy atom. The fourth-order valence-corrected chi connectivity index (χ4v) is 2.99. The summed E-state index contributed by atoms with van der Waals surface area (Å²) in [6.45, 7) is 4.41. The van der Waals surface area contributed by atoms with Crippen LogP contribution in [-0.2, 0) is 6.42 Å². The molecule has 0 heterocycles. The van der Waals surface area contributed by atoms with Crippen molar-refractivity contribution in [2.75, 3.05) is 0 Å². The summed E-state index contributed by atoms with van der Waals surface area (Å²) in [5, 5.41) is 1.22. The van der Waals surface area contributed by atoms with Crippen LogP contribution in [0.2, 0.25) is 10.0 Å². The molecular formula is C17H19Cl2N. The van der Waals surface area contributed by atoms with Crippen LogP contribution >= 0.6 is 23.2 Å². The fourth-order valence-electron chi connectivity index (χ4n) is 2.36. The molecule has 0 aliphatic carbocycles.